The highest BCUT2D eigenvalue weighted by Crippen LogP contribution is 2.30. The molecule has 0 heterocycles. The first kappa shape index (κ1) is 14.3. The number of nitrogens with one attached hydrogen (secondary N) is 1. The molecule has 5 heteroatoms. The van der Waals surface area contributed by atoms with Crippen molar-refractivity contribution in [2.75, 3.05) is 27.9 Å². The molecular weight excluding hydrogens is 234 g/mol. The van der Waals surface area contributed by atoms with Gasteiger partial charge < -0.3 is 19.5 Å². The van der Waals surface area contributed by atoms with Crippen LogP contribution in [-0.4, -0.2) is 39.9 Å². The molecule has 0 aliphatic heterocycles. The maximum absolute atomic E-state index is 12.1. The van der Waals surface area contributed by atoms with E-state index in [4.69, 9.17) is 14.2 Å². The van der Waals surface area contributed by atoms with Crippen LogP contribution in [0.1, 0.15) is 17.3 Å². The van der Waals surface area contributed by atoms with Crippen molar-refractivity contribution >= 4 is 5.91 Å². The van der Waals surface area contributed by atoms with Gasteiger partial charge in [0, 0.05) is 13.2 Å². The van der Waals surface area contributed by atoms with E-state index >= 15 is 0 Å². The summed E-state index contributed by atoms with van der Waals surface area (Å²) in [5, 5.41) is 2.82. The fourth-order valence-corrected chi connectivity index (χ4v) is 1.66. The molecule has 1 amide bonds. The fourth-order valence-electron chi connectivity index (χ4n) is 1.66. The van der Waals surface area contributed by atoms with Crippen LogP contribution in [0.2, 0.25) is 0 Å². The molecule has 1 N–H and O–H groups in total. The van der Waals surface area contributed by atoms with Crippen molar-refractivity contribution in [3.05, 3.63) is 23.8 Å². The molecule has 1 aromatic rings. The average Bonchev–Trinajstić information content (AvgIpc) is 2.37. The molecule has 1 rings (SSSR count). The molecule has 0 spiro atoms. The third kappa shape index (κ3) is 3.37. The predicted octanol–water partition coefficient (Wildman–Crippen LogP) is 1.47. The van der Waals surface area contributed by atoms with Gasteiger partial charge in [-0.05, 0) is 19.1 Å². The minimum absolute atomic E-state index is 0.0709. The summed E-state index contributed by atoms with van der Waals surface area (Å²) in [5.41, 5.74) is 0.444. The molecule has 1 atom stereocenters. The lowest BCUT2D eigenvalue weighted by Gasteiger charge is -2.15. The molecule has 0 aromatic heterocycles. The summed E-state index contributed by atoms with van der Waals surface area (Å²) in [6, 6.07) is 5.11. The van der Waals surface area contributed by atoms with Crippen molar-refractivity contribution in [2.45, 2.75) is 13.0 Å². The minimum Gasteiger partial charge on any atom is -0.493 e. The molecule has 0 saturated carbocycles. The van der Waals surface area contributed by atoms with E-state index in [1.165, 1.54) is 14.2 Å². The third-order valence-corrected chi connectivity index (χ3v) is 2.44. The summed E-state index contributed by atoms with van der Waals surface area (Å²) >= 11 is 0. The zero-order chi connectivity index (χ0) is 13.5. The second kappa shape index (κ2) is 6.86. The van der Waals surface area contributed by atoms with Crippen molar-refractivity contribution < 1.29 is 19.0 Å². The zero-order valence-electron chi connectivity index (χ0n) is 11.1. The molecule has 100 valence electrons. The fraction of sp³-hybridized carbons (Fsp3) is 0.462. The average molecular weight is 253 g/mol. The Hall–Kier alpha value is -1.75. The summed E-state index contributed by atoms with van der Waals surface area (Å²) in [5.74, 6) is 0.752. The lowest BCUT2D eigenvalue weighted by molar-refractivity contribution is 0.0902. The SMILES string of the molecule is COCC(C)NC(=O)c1cccc(OC)c1OC. The number of methoxy groups -OCH3 is 3. The third-order valence-electron chi connectivity index (χ3n) is 2.44. The van der Waals surface area contributed by atoms with Crippen molar-refractivity contribution in [2.24, 2.45) is 0 Å². The van der Waals surface area contributed by atoms with E-state index in [2.05, 4.69) is 5.32 Å². The smallest absolute Gasteiger partial charge is 0.255 e. The van der Waals surface area contributed by atoms with E-state index in [0.717, 1.165) is 0 Å². The maximum Gasteiger partial charge on any atom is 0.255 e. The van der Waals surface area contributed by atoms with Gasteiger partial charge in [0.25, 0.3) is 5.91 Å². The highest BCUT2D eigenvalue weighted by atomic mass is 16.5. The Balaban J connectivity index is 2.91. The van der Waals surface area contributed by atoms with Crippen LogP contribution < -0.4 is 14.8 Å². The van der Waals surface area contributed by atoms with Crippen molar-refractivity contribution in [3.63, 3.8) is 0 Å². The monoisotopic (exact) mass is 253 g/mol. The summed E-state index contributed by atoms with van der Waals surface area (Å²) in [4.78, 5) is 12.1. The Labute approximate surface area is 107 Å². The maximum atomic E-state index is 12.1. The normalized spacial score (nSPS) is 11.8. The molecule has 0 radical (unpaired) electrons. The quantitative estimate of drug-likeness (QED) is 0.834. The molecule has 0 bridgehead atoms. The predicted molar refractivity (Wildman–Crippen MR) is 68.4 cm³/mol. The molecule has 18 heavy (non-hydrogen) atoms. The van der Waals surface area contributed by atoms with Crippen LogP contribution in [0.25, 0.3) is 0 Å². The lowest BCUT2D eigenvalue weighted by Crippen LogP contribution is -2.35. The Morgan fingerprint density at radius 3 is 2.56 bits per heavy atom. The number of hydrogen-bond acceptors (Lipinski definition) is 4. The highest BCUT2D eigenvalue weighted by molar-refractivity contribution is 5.98. The first-order chi connectivity index (χ1) is 8.63. The Morgan fingerprint density at radius 1 is 1.28 bits per heavy atom. The van der Waals surface area contributed by atoms with Crippen molar-refractivity contribution in [1.29, 1.82) is 0 Å². The largest absolute Gasteiger partial charge is 0.493 e. The van der Waals surface area contributed by atoms with Crippen LogP contribution in [0, 0.1) is 0 Å². The number of amides is 1. The van der Waals surface area contributed by atoms with Crippen LogP contribution in [0.15, 0.2) is 18.2 Å². The molecule has 0 saturated heterocycles. The van der Waals surface area contributed by atoms with Gasteiger partial charge in [-0.3, -0.25) is 4.79 Å². The number of rotatable bonds is 6. The summed E-state index contributed by atoms with van der Waals surface area (Å²) in [6.45, 7) is 2.33. The molecule has 0 fully saturated rings. The van der Waals surface area contributed by atoms with Gasteiger partial charge in [0.1, 0.15) is 0 Å². The van der Waals surface area contributed by atoms with Crippen LogP contribution in [-0.2, 0) is 4.74 Å². The van der Waals surface area contributed by atoms with Gasteiger partial charge in [-0.15, -0.1) is 0 Å². The Bertz CT molecular complexity index is 406. The molecule has 0 aliphatic rings. The molecule has 5 nitrogen and oxygen atoms in total. The Morgan fingerprint density at radius 2 is 2.00 bits per heavy atom. The summed E-state index contributed by atoms with van der Waals surface area (Å²) < 4.78 is 15.3. The van der Waals surface area contributed by atoms with Gasteiger partial charge in [0.2, 0.25) is 0 Å². The Kier molecular flexibility index (Phi) is 5.45. The van der Waals surface area contributed by atoms with Gasteiger partial charge in [0.15, 0.2) is 11.5 Å². The van der Waals surface area contributed by atoms with E-state index in [9.17, 15) is 4.79 Å². The van der Waals surface area contributed by atoms with E-state index < -0.39 is 0 Å². The first-order valence-corrected chi connectivity index (χ1v) is 5.64. The van der Waals surface area contributed by atoms with Crippen molar-refractivity contribution in [1.82, 2.24) is 5.32 Å². The molecule has 1 unspecified atom stereocenters. The highest BCUT2D eigenvalue weighted by Gasteiger charge is 2.17. The standard InChI is InChI=1S/C13H19NO4/c1-9(8-16-2)14-13(15)10-6-5-7-11(17-3)12(10)18-4/h5-7,9H,8H2,1-4H3,(H,14,15). The van der Waals surface area contributed by atoms with E-state index in [0.29, 0.717) is 23.7 Å². The first-order valence-electron chi connectivity index (χ1n) is 5.64. The second-order valence-electron chi connectivity index (χ2n) is 3.87. The second-order valence-corrected chi connectivity index (χ2v) is 3.87. The topological polar surface area (TPSA) is 56.8 Å². The van der Waals surface area contributed by atoms with Crippen molar-refractivity contribution in [3.8, 4) is 11.5 Å². The lowest BCUT2D eigenvalue weighted by atomic mass is 10.1. The van der Waals surface area contributed by atoms with Gasteiger partial charge >= 0.3 is 0 Å². The van der Waals surface area contributed by atoms with E-state index in [1.54, 1.807) is 25.3 Å². The number of para-hydroxylation sites is 1. The van der Waals surface area contributed by atoms with E-state index in [1.807, 2.05) is 6.92 Å². The number of carbonyl (C=O) groups excluding carboxylic acids is 1. The van der Waals surface area contributed by atoms with Crippen LogP contribution in [0.5, 0.6) is 11.5 Å². The van der Waals surface area contributed by atoms with E-state index in [-0.39, 0.29) is 11.9 Å². The molecule has 1 aromatic carbocycles. The zero-order valence-corrected chi connectivity index (χ0v) is 11.1. The van der Waals surface area contributed by atoms with Gasteiger partial charge in [-0.2, -0.15) is 0 Å². The van der Waals surface area contributed by atoms with Crippen LogP contribution in [0.3, 0.4) is 0 Å². The minimum atomic E-state index is -0.213. The van der Waals surface area contributed by atoms with Gasteiger partial charge in [-0.25, -0.2) is 0 Å². The summed E-state index contributed by atoms with van der Waals surface area (Å²) in [6.07, 6.45) is 0. The van der Waals surface area contributed by atoms with Gasteiger partial charge in [-0.1, -0.05) is 6.07 Å². The number of benzene rings is 1. The van der Waals surface area contributed by atoms with Crippen LogP contribution >= 0.6 is 0 Å². The van der Waals surface area contributed by atoms with Crippen LogP contribution in [0.4, 0.5) is 0 Å². The van der Waals surface area contributed by atoms with Gasteiger partial charge in [0.05, 0.1) is 26.4 Å². The molecular formula is C13H19NO4. The number of ether oxygens (including phenoxy) is 3. The number of carbonyl (C=O) groups is 1. The number of hydrogen-bond donors (Lipinski definition) is 1. The summed E-state index contributed by atoms with van der Waals surface area (Å²) in [7, 11) is 4.63. The molecule has 0 aliphatic carbocycles.